The zero-order valence-corrected chi connectivity index (χ0v) is 14.3. The van der Waals surface area contributed by atoms with Crippen LogP contribution in [0.1, 0.15) is 40.9 Å². The van der Waals surface area contributed by atoms with E-state index >= 15 is 0 Å². The van der Waals surface area contributed by atoms with E-state index in [-0.39, 0.29) is 52.7 Å². The SMILES string of the molecule is C=C(C)[C@@H](O)Cc1c(O)cc(O)c2c1O[C@H](c1ccc(O)cc1)CC2=O. The van der Waals surface area contributed by atoms with Crippen molar-refractivity contribution in [2.45, 2.75) is 32.0 Å². The molecule has 1 aliphatic rings. The molecule has 0 aliphatic carbocycles. The Labute approximate surface area is 150 Å². The number of phenols is 3. The van der Waals surface area contributed by atoms with Gasteiger partial charge in [0.1, 0.15) is 34.7 Å². The first-order valence-electron chi connectivity index (χ1n) is 8.18. The number of Topliss-reactive ketones (excluding diaryl/α,β-unsaturated/α-hetero) is 1. The van der Waals surface area contributed by atoms with Gasteiger partial charge in [-0.3, -0.25) is 4.79 Å². The van der Waals surface area contributed by atoms with Crippen molar-refractivity contribution in [1.29, 1.82) is 0 Å². The highest BCUT2D eigenvalue weighted by atomic mass is 16.5. The number of fused-ring (bicyclic) bond motifs is 1. The molecule has 0 radical (unpaired) electrons. The maximum atomic E-state index is 12.6. The molecule has 3 rings (SSSR count). The summed E-state index contributed by atoms with van der Waals surface area (Å²) in [7, 11) is 0. The van der Waals surface area contributed by atoms with Crippen LogP contribution in [0.15, 0.2) is 42.5 Å². The highest BCUT2D eigenvalue weighted by Crippen LogP contribution is 2.45. The van der Waals surface area contributed by atoms with Crippen LogP contribution in [-0.2, 0) is 6.42 Å². The van der Waals surface area contributed by atoms with E-state index in [0.717, 1.165) is 6.07 Å². The molecule has 0 aromatic heterocycles. The quantitative estimate of drug-likeness (QED) is 0.628. The predicted octanol–water partition coefficient (Wildman–Crippen LogP) is 2.99. The van der Waals surface area contributed by atoms with Crippen molar-refractivity contribution in [3.05, 3.63) is 59.2 Å². The minimum Gasteiger partial charge on any atom is -0.508 e. The fourth-order valence-corrected chi connectivity index (χ4v) is 2.97. The molecule has 0 saturated carbocycles. The summed E-state index contributed by atoms with van der Waals surface area (Å²) < 4.78 is 5.94. The molecule has 136 valence electrons. The van der Waals surface area contributed by atoms with Gasteiger partial charge in [-0.2, -0.15) is 0 Å². The molecule has 0 bridgehead atoms. The Bertz CT molecular complexity index is 869. The van der Waals surface area contributed by atoms with Gasteiger partial charge < -0.3 is 25.2 Å². The number of ketones is 1. The Balaban J connectivity index is 2.06. The monoisotopic (exact) mass is 356 g/mol. The lowest BCUT2D eigenvalue weighted by Gasteiger charge is -2.29. The summed E-state index contributed by atoms with van der Waals surface area (Å²) in [5, 5.41) is 39.9. The van der Waals surface area contributed by atoms with Crippen LogP contribution in [0.25, 0.3) is 0 Å². The fraction of sp³-hybridized carbons (Fsp3) is 0.250. The lowest BCUT2D eigenvalue weighted by atomic mass is 9.91. The number of carbonyl (C=O) groups is 1. The van der Waals surface area contributed by atoms with E-state index in [1.165, 1.54) is 12.1 Å². The number of carbonyl (C=O) groups excluding carboxylic acids is 1. The van der Waals surface area contributed by atoms with Crippen LogP contribution in [0.5, 0.6) is 23.0 Å². The molecule has 2 aromatic rings. The Kier molecular flexibility index (Phi) is 4.61. The van der Waals surface area contributed by atoms with Crippen molar-refractivity contribution in [3.63, 3.8) is 0 Å². The normalized spacial score (nSPS) is 17.3. The zero-order valence-electron chi connectivity index (χ0n) is 14.3. The zero-order chi connectivity index (χ0) is 19.0. The summed E-state index contributed by atoms with van der Waals surface area (Å²) in [5.74, 6) is -0.789. The Hall–Kier alpha value is -2.99. The number of hydrogen-bond acceptors (Lipinski definition) is 6. The maximum absolute atomic E-state index is 12.6. The molecule has 0 spiro atoms. The van der Waals surface area contributed by atoms with Crippen LogP contribution in [0.2, 0.25) is 0 Å². The number of aromatic hydroxyl groups is 3. The van der Waals surface area contributed by atoms with Crippen LogP contribution in [0.3, 0.4) is 0 Å². The first kappa shape index (κ1) is 17.8. The van der Waals surface area contributed by atoms with Gasteiger partial charge in [0.05, 0.1) is 12.5 Å². The summed E-state index contributed by atoms with van der Waals surface area (Å²) >= 11 is 0. The van der Waals surface area contributed by atoms with Crippen LogP contribution in [-0.4, -0.2) is 32.3 Å². The predicted molar refractivity (Wildman–Crippen MR) is 94.7 cm³/mol. The fourth-order valence-electron chi connectivity index (χ4n) is 2.97. The number of phenolic OH excluding ortho intramolecular Hbond substituents is 3. The van der Waals surface area contributed by atoms with Crippen molar-refractivity contribution in [3.8, 4) is 23.0 Å². The van der Waals surface area contributed by atoms with E-state index in [2.05, 4.69) is 6.58 Å². The Morgan fingerprint density at radius 1 is 1.23 bits per heavy atom. The van der Waals surface area contributed by atoms with E-state index in [0.29, 0.717) is 11.1 Å². The third-order valence-electron chi connectivity index (χ3n) is 4.48. The number of aliphatic hydroxyl groups excluding tert-OH is 1. The summed E-state index contributed by atoms with van der Waals surface area (Å²) in [4.78, 5) is 12.6. The van der Waals surface area contributed by atoms with Crippen LogP contribution in [0, 0.1) is 0 Å². The molecule has 6 nitrogen and oxygen atoms in total. The molecular weight excluding hydrogens is 336 g/mol. The van der Waals surface area contributed by atoms with Gasteiger partial charge in [-0.1, -0.05) is 24.3 Å². The van der Waals surface area contributed by atoms with Gasteiger partial charge in [0.25, 0.3) is 0 Å². The smallest absolute Gasteiger partial charge is 0.174 e. The van der Waals surface area contributed by atoms with E-state index < -0.39 is 12.2 Å². The third kappa shape index (κ3) is 3.23. The molecule has 26 heavy (non-hydrogen) atoms. The van der Waals surface area contributed by atoms with Gasteiger partial charge >= 0.3 is 0 Å². The highest BCUT2D eigenvalue weighted by molar-refractivity contribution is 6.03. The first-order chi connectivity index (χ1) is 12.3. The van der Waals surface area contributed by atoms with Crippen molar-refractivity contribution < 1.29 is 30.0 Å². The van der Waals surface area contributed by atoms with E-state index in [9.17, 15) is 25.2 Å². The summed E-state index contributed by atoms with van der Waals surface area (Å²) in [6.45, 7) is 5.34. The maximum Gasteiger partial charge on any atom is 0.174 e. The number of hydrogen-bond donors (Lipinski definition) is 4. The van der Waals surface area contributed by atoms with Crippen molar-refractivity contribution in [1.82, 2.24) is 0 Å². The second-order valence-electron chi connectivity index (χ2n) is 6.49. The lowest BCUT2D eigenvalue weighted by molar-refractivity contribution is 0.0839. The number of rotatable bonds is 4. The summed E-state index contributed by atoms with van der Waals surface area (Å²) in [6, 6.07) is 7.35. The standard InChI is InChI=1S/C20H20O6/c1-10(2)14(22)7-13-15(23)8-16(24)19-17(25)9-18(26-20(13)19)11-3-5-12(21)6-4-11/h3-6,8,14,18,21-24H,1,7,9H2,2H3/t14-,18-/m0/s1. The lowest BCUT2D eigenvalue weighted by Crippen LogP contribution is -2.23. The average molecular weight is 356 g/mol. The van der Waals surface area contributed by atoms with Gasteiger partial charge in [0.2, 0.25) is 0 Å². The molecular formula is C20H20O6. The number of ether oxygens (including phenoxy) is 1. The molecule has 6 heteroatoms. The topological polar surface area (TPSA) is 107 Å². The molecule has 1 heterocycles. The molecule has 0 fully saturated rings. The Morgan fingerprint density at radius 3 is 2.50 bits per heavy atom. The molecule has 1 aliphatic heterocycles. The first-order valence-corrected chi connectivity index (χ1v) is 8.18. The van der Waals surface area contributed by atoms with Gasteiger partial charge in [-0.05, 0) is 24.6 Å². The molecule has 2 aromatic carbocycles. The summed E-state index contributed by atoms with van der Waals surface area (Å²) in [5.41, 5.74) is 1.42. The second-order valence-corrected chi connectivity index (χ2v) is 6.49. The third-order valence-corrected chi connectivity index (χ3v) is 4.48. The van der Waals surface area contributed by atoms with Gasteiger partial charge in [-0.25, -0.2) is 0 Å². The van der Waals surface area contributed by atoms with Crippen molar-refractivity contribution in [2.24, 2.45) is 0 Å². The summed E-state index contributed by atoms with van der Waals surface area (Å²) in [6.07, 6.45) is -1.54. The van der Waals surface area contributed by atoms with E-state index in [1.54, 1.807) is 19.1 Å². The van der Waals surface area contributed by atoms with Gasteiger partial charge in [-0.15, -0.1) is 0 Å². The van der Waals surface area contributed by atoms with E-state index in [1.807, 2.05) is 0 Å². The Morgan fingerprint density at radius 2 is 1.88 bits per heavy atom. The van der Waals surface area contributed by atoms with Crippen LogP contribution < -0.4 is 4.74 Å². The highest BCUT2D eigenvalue weighted by Gasteiger charge is 2.34. The second kappa shape index (κ2) is 6.72. The minimum absolute atomic E-state index is 0.000637. The number of benzene rings is 2. The van der Waals surface area contributed by atoms with Gasteiger partial charge in [0.15, 0.2) is 5.78 Å². The van der Waals surface area contributed by atoms with Crippen molar-refractivity contribution >= 4 is 5.78 Å². The van der Waals surface area contributed by atoms with E-state index in [4.69, 9.17) is 4.74 Å². The molecule has 0 saturated heterocycles. The molecule has 2 atom stereocenters. The largest absolute Gasteiger partial charge is 0.508 e. The van der Waals surface area contributed by atoms with Crippen molar-refractivity contribution in [2.75, 3.05) is 0 Å². The van der Waals surface area contributed by atoms with Crippen LogP contribution in [0.4, 0.5) is 0 Å². The van der Waals surface area contributed by atoms with Crippen LogP contribution >= 0.6 is 0 Å². The number of aliphatic hydroxyl groups is 1. The van der Waals surface area contributed by atoms with Gasteiger partial charge in [0, 0.05) is 18.1 Å². The average Bonchev–Trinajstić information content (AvgIpc) is 2.58. The molecule has 0 unspecified atom stereocenters. The molecule has 0 amide bonds. The molecule has 4 N–H and O–H groups in total. The minimum atomic E-state index is -0.928.